The van der Waals surface area contributed by atoms with Crippen LogP contribution in [0.2, 0.25) is 0 Å². The predicted octanol–water partition coefficient (Wildman–Crippen LogP) is 3.83. The van der Waals surface area contributed by atoms with Crippen LogP contribution in [0.15, 0.2) is 24.3 Å². The van der Waals surface area contributed by atoms with Crippen molar-refractivity contribution in [2.75, 3.05) is 13.1 Å². The molecule has 0 aliphatic heterocycles. The first-order chi connectivity index (χ1) is 9.60. The average molecular weight is 292 g/mol. The van der Waals surface area contributed by atoms with Gasteiger partial charge in [-0.1, -0.05) is 19.1 Å². The van der Waals surface area contributed by atoms with Gasteiger partial charge in [0.15, 0.2) is 0 Å². The summed E-state index contributed by atoms with van der Waals surface area (Å²) in [6, 6.07) is 6.83. The Hall–Kier alpha value is -1.26. The Bertz CT molecular complexity index is 529. The molecule has 0 aliphatic rings. The minimum atomic E-state index is -0.183. The predicted molar refractivity (Wildman–Crippen MR) is 83.0 cm³/mol. The zero-order chi connectivity index (χ0) is 14.5. The van der Waals surface area contributed by atoms with Crippen LogP contribution in [0.3, 0.4) is 0 Å². The molecule has 1 unspecified atom stereocenters. The number of thiazole rings is 1. The van der Waals surface area contributed by atoms with Gasteiger partial charge in [0.2, 0.25) is 0 Å². The van der Waals surface area contributed by atoms with E-state index in [0.717, 1.165) is 35.8 Å². The molecule has 4 heteroatoms. The fourth-order valence-electron chi connectivity index (χ4n) is 2.20. The summed E-state index contributed by atoms with van der Waals surface area (Å²) in [6.45, 7) is 8.08. The summed E-state index contributed by atoms with van der Waals surface area (Å²) in [5, 5.41) is 4.55. The highest BCUT2D eigenvalue weighted by Crippen LogP contribution is 2.25. The zero-order valence-electron chi connectivity index (χ0n) is 12.2. The molecule has 0 bridgehead atoms. The van der Waals surface area contributed by atoms with E-state index in [1.807, 2.05) is 19.1 Å². The monoisotopic (exact) mass is 292 g/mol. The molecule has 1 aromatic carbocycles. The van der Waals surface area contributed by atoms with Gasteiger partial charge in [0.05, 0.1) is 10.7 Å². The number of nitrogens with zero attached hydrogens (tertiary/aromatic N) is 1. The number of rotatable bonds is 6. The van der Waals surface area contributed by atoms with Gasteiger partial charge in [0, 0.05) is 23.8 Å². The van der Waals surface area contributed by atoms with E-state index < -0.39 is 0 Å². The maximum absolute atomic E-state index is 13.1. The average Bonchev–Trinajstić information content (AvgIpc) is 2.74. The minimum Gasteiger partial charge on any atom is -0.316 e. The Balaban J connectivity index is 2.16. The SMILES string of the molecule is CCNCC(Cc1nc(C)c(C)s1)c1ccc(F)cc1. The topological polar surface area (TPSA) is 24.9 Å². The number of aromatic nitrogens is 1. The van der Waals surface area contributed by atoms with Crippen molar-refractivity contribution in [3.05, 3.63) is 51.2 Å². The number of halogens is 1. The van der Waals surface area contributed by atoms with Crippen molar-refractivity contribution >= 4 is 11.3 Å². The lowest BCUT2D eigenvalue weighted by Crippen LogP contribution is -2.22. The number of nitrogens with one attached hydrogen (secondary N) is 1. The Morgan fingerprint density at radius 2 is 1.95 bits per heavy atom. The second-order valence-electron chi connectivity index (χ2n) is 5.01. The fourth-order valence-corrected chi connectivity index (χ4v) is 3.21. The maximum Gasteiger partial charge on any atom is 0.123 e. The van der Waals surface area contributed by atoms with E-state index in [1.165, 1.54) is 17.0 Å². The van der Waals surface area contributed by atoms with Crippen molar-refractivity contribution in [2.45, 2.75) is 33.1 Å². The van der Waals surface area contributed by atoms with Crippen molar-refractivity contribution in [2.24, 2.45) is 0 Å². The lowest BCUT2D eigenvalue weighted by Gasteiger charge is -2.16. The van der Waals surface area contributed by atoms with Gasteiger partial charge in [-0.15, -0.1) is 11.3 Å². The number of aryl methyl sites for hydroxylation is 2. The number of likely N-dealkylation sites (N-methyl/N-ethyl adjacent to an activating group) is 1. The molecule has 1 heterocycles. The Labute approximate surface area is 124 Å². The van der Waals surface area contributed by atoms with Crippen LogP contribution < -0.4 is 5.32 Å². The molecule has 0 amide bonds. The highest BCUT2D eigenvalue weighted by molar-refractivity contribution is 7.11. The summed E-state index contributed by atoms with van der Waals surface area (Å²) in [4.78, 5) is 5.90. The van der Waals surface area contributed by atoms with Crippen LogP contribution in [0.25, 0.3) is 0 Å². The van der Waals surface area contributed by atoms with Crippen molar-refractivity contribution in [3.63, 3.8) is 0 Å². The molecule has 20 heavy (non-hydrogen) atoms. The first-order valence-corrected chi connectivity index (χ1v) is 7.81. The quantitative estimate of drug-likeness (QED) is 0.875. The summed E-state index contributed by atoms with van der Waals surface area (Å²) < 4.78 is 13.1. The Morgan fingerprint density at radius 3 is 2.50 bits per heavy atom. The molecular weight excluding hydrogens is 271 g/mol. The summed E-state index contributed by atoms with van der Waals surface area (Å²) in [5.74, 6) is 0.150. The molecule has 0 spiro atoms. The van der Waals surface area contributed by atoms with Crippen LogP contribution in [0.5, 0.6) is 0 Å². The first kappa shape index (κ1) is 15.1. The smallest absolute Gasteiger partial charge is 0.123 e. The molecule has 2 nitrogen and oxygen atoms in total. The van der Waals surface area contributed by atoms with Gasteiger partial charge < -0.3 is 5.32 Å². The lowest BCUT2D eigenvalue weighted by molar-refractivity contribution is 0.588. The molecule has 0 radical (unpaired) electrons. The van der Waals surface area contributed by atoms with Crippen molar-refractivity contribution < 1.29 is 4.39 Å². The highest BCUT2D eigenvalue weighted by atomic mass is 32.1. The highest BCUT2D eigenvalue weighted by Gasteiger charge is 2.15. The van der Waals surface area contributed by atoms with Gasteiger partial charge in [-0.3, -0.25) is 0 Å². The standard InChI is InChI=1S/C16H21FN2S/c1-4-18-10-14(13-5-7-15(17)8-6-13)9-16-19-11(2)12(3)20-16/h5-8,14,18H,4,9-10H2,1-3H3. The molecule has 2 aromatic rings. The number of benzene rings is 1. The third-order valence-corrected chi connectivity index (χ3v) is 4.57. The van der Waals surface area contributed by atoms with Gasteiger partial charge in [-0.25, -0.2) is 9.37 Å². The third kappa shape index (κ3) is 3.87. The summed E-state index contributed by atoms with van der Waals surface area (Å²) in [5.41, 5.74) is 2.28. The molecule has 1 aromatic heterocycles. The summed E-state index contributed by atoms with van der Waals surface area (Å²) in [7, 11) is 0. The van der Waals surface area contributed by atoms with E-state index in [1.54, 1.807) is 11.3 Å². The van der Waals surface area contributed by atoms with Gasteiger partial charge >= 0.3 is 0 Å². The Kier molecular flexibility index (Phi) is 5.26. The fraction of sp³-hybridized carbons (Fsp3) is 0.438. The van der Waals surface area contributed by atoms with E-state index in [-0.39, 0.29) is 5.82 Å². The van der Waals surface area contributed by atoms with Gasteiger partial charge in [0.25, 0.3) is 0 Å². The maximum atomic E-state index is 13.1. The molecule has 0 fully saturated rings. The first-order valence-electron chi connectivity index (χ1n) is 6.99. The molecule has 0 aliphatic carbocycles. The molecule has 1 atom stereocenters. The van der Waals surface area contributed by atoms with Crippen molar-refractivity contribution in [1.82, 2.24) is 10.3 Å². The minimum absolute atomic E-state index is 0.183. The van der Waals surface area contributed by atoms with Crippen LogP contribution >= 0.6 is 11.3 Å². The number of hydrogen-bond acceptors (Lipinski definition) is 3. The second-order valence-corrected chi connectivity index (χ2v) is 6.30. The van der Waals surface area contributed by atoms with E-state index >= 15 is 0 Å². The van der Waals surface area contributed by atoms with Crippen molar-refractivity contribution in [3.8, 4) is 0 Å². The Morgan fingerprint density at radius 1 is 1.25 bits per heavy atom. The van der Waals surface area contributed by atoms with E-state index in [0.29, 0.717) is 5.92 Å². The van der Waals surface area contributed by atoms with Gasteiger partial charge in [-0.2, -0.15) is 0 Å². The number of hydrogen-bond donors (Lipinski definition) is 1. The van der Waals surface area contributed by atoms with Crippen LogP contribution in [0.1, 0.15) is 34.0 Å². The molecule has 1 N–H and O–H groups in total. The molecule has 0 saturated heterocycles. The van der Waals surface area contributed by atoms with E-state index in [2.05, 4.69) is 24.1 Å². The van der Waals surface area contributed by atoms with E-state index in [9.17, 15) is 4.39 Å². The second kappa shape index (κ2) is 6.95. The molecular formula is C16H21FN2S. The summed E-state index contributed by atoms with van der Waals surface area (Å²) in [6.07, 6.45) is 0.901. The normalized spacial score (nSPS) is 12.6. The van der Waals surface area contributed by atoms with Crippen LogP contribution in [0.4, 0.5) is 4.39 Å². The molecule has 2 rings (SSSR count). The van der Waals surface area contributed by atoms with E-state index in [4.69, 9.17) is 0 Å². The van der Waals surface area contributed by atoms with Gasteiger partial charge in [0.1, 0.15) is 5.82 Å². The largest absolute Gasteiger partial charge is 0.316 e. The summed E-state index contributed by atoms with van der Waals surface area (Å²) >= 11 is 1.76. The van der Waals surface area contributed by atoms with Crippen LogP contribution in [-0.2, 0) is 6.42 Å². The van der Waals surface area contributed by atoms with Crippen LogP contribution in [-0.4, -0.2) is 18.1 Å². The molecule has 0 saturated carbocycles. The third-order valence-electron chi connectivity index (χ3n) is 3.48. The molecule has 108 valence electrons. The van der Waals surface area contributed by atoms with Crippen LogP contribution in [0, 0.1) is 19.7 Å². The van der Waals surface area contributed by atoms with Gasteiger partial charge in [-0.05, 0) is 38.1 Å². The zero-order valence-corrected chi connectivity index (χ0v) is 13.1. The van der Waals surface area contributed by atoms with Crippen molar-refractivity contribution in [1.29, 1.82) is 0 Å². The lowest BCUT2D eigenvalue weighted by atomic mass is 9.96.